The van der Waals surface area contributed by atoms with E-state index in [4.69, 9.17) is 0 Å². The molecule has 0 atom stereocenters. The van der Waals surface area contributed by atoms with Gasteiger partial charge in [0.05, 0.1) is 12.1 Å². The fourth-order valence-corrected chi connectivity index (χ4v) is 3.15. The van der Waals surface area contributed by atoms with E-state index >= 15 is 0 Å². The molecule has 0 saturated carbocycles. The van der Waals surface area contributed by atoms with E-state index in [1.165, 1.54) is 0 Å². The van der Waals surface area contributed by atoms with Crippen molar-refractivity contribution in [3.05, 3.63) is 99.1 Å². The van der Waals surface area contributed by atoms with Crippen molar-refractivity contribution in [2.45, 2.75) is 6.92 Å². The largest absolute Gasteiger partial charge is 0.297 e. The number of nitrogens with zero attached hydrogens (tertiary/aromatic N) is 1. The first-order valence-corrected chi connectivity index (χ1v) is 9.40. The maximum atomic E-state index is 13.1. The standard InChI is InChI=1S/C23H18INO/c1-18-13-15-20(16-14-18)25(17-7-10-19-8-3-2-4-9-19)23(26)21-11-5-6-12-22(21)24/h2-6,8-9,11-16H,17H2,1H3. The maximum absolute atomic E-state index is 13.1. The molecule has 0 fully saturated rings. The molecule has 3 heteroatoms. The minimum Gasteiger partial charge on any atom is -0.297 e. The van der Waals surface area contributed by atoms with Gasteiger partial charge in [0.15, 0.2) is 0 Å². The fraction of sp³-hybridized carbons (Fsp3) is 0.0870. The first kappa shape index (κ1) is 18.2. The number of hydrogen-bond acceptors (Lipinski definition) is 1. The zero-order valence-corrected chi connectivity index (χ0v) is 16.6. The molecule has 0 heterocycles. The van der Waals surface area contributed by atoms with Crippen LogP contribution >= 0.6 is 22.6 Å². The molecule has 128 valence electrons. The minimum atomic E-state index is -0.0405. The van der Waals surface area contributed by atoms with Gasteiger partial charge in [-0.25, -0.2) is 0 Å². The van der Waals surface area contributed by atoms with Crippen LogP contribution in [0.25, 0.3) is 0 Å². The molecule has 0 aliphatic rings. The van der Waals surface area contributed by atoms with E-state index < -0.39 is 0 Å². The normalized spacial score (nSPS) is 9.92. The highest BCUT2D eigenvalue weighted by molar-refractivity contribution is 14.1. The number of carbonyl (C=O) groups excluding carboxylic acids is 1. The Morgan fingerprint density at radius 2 is 1.58 bits per heavy atom. The second-order valence-electron chi connectivity index (χ2n) is 5.87. The van der Waals surface area contributed by atoms with Crippen LogP contribution in [0, 0.1) is 22.3 Å². The SMILES string of the molecule is Cc1ccc(N(CC#Cc2ccccc2)C(=O)c2ccccc2I)cc1. The van der Waals surface area contributed by atoms with Crippen molar-refractivity contribution >= 4 is 34.2 Å². The molecule has 0 unspecified atom stereocenters. The topological polar surface area (TPSA) is 20.3 Å². The summed E-state index contributed by atoms with van der Waals surface area (Å²) in [6.45, 7) is 2.37. The molecule has 3 rings (SSSR count). The average molecular weight is 451 g/mol. The summed E-state index contributed by atoms with van der Waals surface area (Å²) in [6, 6.07) is 25.4. The number of amides is 1. The molecule has 0 aromatic heterocycles. The average Bonchev–Trinajstić information content (AvgIpc) is 2.67. The molecule has 26 heavy (non-hydrogen) atoms. The number of aryl methyl sites for hydroxylation is 1. The van der Waals surface area contributed by atoms with Crippen molar-refractivity contribution in [2.75, 3.05) is 11.4 Å². The van der Waals surface area contributed by atoms with Crippen molar-refractivity contribution in [3.63, 3.8) is 0 Å². The molecule has 2 nitrogen and oxygen atoms in total. The van der Waals surface area contributed by atoms with Crippen LogP contribution in [0.2, 0.25) is 0 Å². The Kier molecular flexibility index (Phi) is 6.08. The highest BCUT2D eigenvalue weighted by Gasteiger charge is 2.18. The van der Waals surface area contributed by atoms with Crippen LogP contribution in [-0.2, 0) is 0 Å². The summed E-state index contributed by atoms with van der Waals surface area (Å²) < 4.78 is 0.934. The van der Waals surface area contributed by atoms with Crippen LogP contribution in [0.5, 0.6) is 0 Å². The summed E-state index contributed by atoms with van der Waals surface area (Å²) >= 11 is 2.20. The van der Waals surface area contributed by atoms with Crippen LogP contribution in [0.3, 0.4) is 0 Å². The lowest BCUT2D eigenvalue weighted by Crippen LogP contribution is -2.31. The molecule has 0 aliphatic heterocycles. The molecule has 1 amide bonds. The third kappa shape index (κ3) is 4.53. The van der Waals surface area contributed by atoms with E-state index in [1.54, 1.807) is 4.90 Å². The number of rotatable bonds is 3. The maximum Gasteiger partial charge on any atom is 0.260 e. The predicted molar refractivity (Wildman–Crippen MR) is 115 cm³/mol. The lowest BCUT2D eigenvalue weighted by Gasteiger charge is -2.21. The molecule has 3 aromatic carbocycles. The summed E-state index contributed by atoms with van der Waals surface area (Å²) in [5.41, 5.74) is 3.64. The molecule has 0 spiro atoms. The first-order valence-electron chi connectivity index (χ1n) is 8.32. The van der Waals surface area contributed by atoms with Gasteiger partial charge >= 0.3 is 0 Å². The van der Waals surface area contributed by atoms with E-state index in [2.05, 4.69) is 34.4 Å². The Labute approximate surface area is 168 Å². The summed E-state index contributed by atoms with van der Waals surface area (Å²) in [5, 5.41) is 0. The Morgan fingerprint density at radius 3 is 2.27 bits per heavy atom. The predicted octanol–water partition coefficient (Wildman–Crippen LogP) is 5.30. The monoisotopic (exact) mass is 451 g/mol. The summed E-state index contributed by atoms with van der Waals surface area (Å²) in [4.78, 5) is 14.9. The second kappa shape index (κ2) is 8.68. The number of benzene rings is 3. The minimum absolute atomic E-state index is 0.0405. The van der Waals surface area contributed by atoms with Crippen LogP contribution in [-0.4, -0.2) is 12.5 Å². The quantitative estimate of drug-likeness (QED) is 0.391. The zero-order valence-electron chi connectivity index (χ0n) is 14.4. The van der Waals surface area contributed by atoms with Crippen molar-refractivity contribution in [1.29, 1.82) is 0 Å². The molecular weight excluding hydrogens is 433 g/mol. The lowest BCUT2D eigenvalue weighted by molar-refractivity contribution is 0.0989. The third-order valence-corrected chi connectivity index (χ3v) is 4.88. The third-order valence-electron chi connectivity index (χ3n) is 3.94. The molecule has 3 aromatic rings. The van der Waals surface area contributed by atoms with Gasteiger partial charge < -0.3 is 0 Å². The van der Waals surface area contributed by atoms with Gasteiger partial charge in [-0.05, 0) is 65.9 Å². The number of hydrogen-bond donors (Lipinski definition) is 0. The van der Waals surface area contributed by atoms with Gasteiger partial charge in [-0.1, -0.05) is 59.9 Å². The van der Waals surface area contributed by atoms with Gasteiger partial charge in [-0.2, -0.15) is 0 Å². The Morgan fingerprint density at radius 1 is 0.923 bits per heavy atom. The Bertz CT molecular complexity index is 953. The van der Waals surface area contributed by atoms with Crippen molar-refractivity contribution in [2.24, 2.45) is 0 Å². The lowest BCUT2D eigenvalue weighted by atomic mass is 10.1. The van der Waals surface area contributed by atoms with Crippen LogP contribution in [0.4, 0.5) is 5.69 Å². The first-order chi connectivity index (χ1) is 12.6. The van der Waals surface area contributed by atoms with Gasteiger partial charge in [0.2, 0.25) is 0 Å². The molecular formula is C23H18INO. The summed E-state index contributed by atoms with van der Waals surface area (Å²) in [5.74, 6) is 6.23. The Hall–Kier alpha value is -2.58. The van der Waals surface area contributed by atoms with Crippen molar-refractivity contribution < 1.29 is 4.79 Å². The summed E-state index contributed by atoms with van der Waals surface area (Å²) in [7, 11) is 0. The van der Waals surface area contributed by atoms with Crippen LogP contribution < -0.4 is 4.90 Å². The second-order valence-corrected chi connectivity index (χ2v) is 7.04. The smallest absolute Gasteiger partial charge is 0.260 e. The molecule has 0 N–H and O–H groups in total. The Balaban J connectivity index is 1.92. The molecule has 0 saturated heterocycles. The van der Waals surface area contributed by atoms with Gasteiger partial charge in [0.25, 0.3) is 5.91 Å². The van der Waals surface area contributed by atoms with Crippen molar-refractivity contribution in [1.82, 2.24) is 0 Å². The van der Waals surface area contributed by atoms with Gasteiger partial charge in [-0.15, -0.1) is 0 Å². The van der Waals surface area contributed by atoms with E-state index in [1.807, 2.05) is 85.8 Å². The number of anilines is 1. The van der Waals surface area contributed by atoms with E-state index in [9.17, 15) is 4.79 Å². The van der Waals surface area contributed by atoms with Crippen molar-refractivity contribution in [3.8, 4) is 11.8 Å². The van der Waals surface area contributed by atoms with E-state index in [0.29, 0.717) is 12.1 Å². The molecule has 0 radical (unpaired) electrons. The highest BCUT2D eigenvalue weighted by atomic mass is 127. The van der Waals surface area contributed by atoms with E-state index in [0.717, 1.165) is 20.4 Å². The molecule has 0 aliphatic carbocycles. The van der Waals surface area contributed by atoms with Crippen LogP contribution in [0.15, 0.2) is 78.9 Å². The molecule has 0 bridgehead atoms. The number of halogens is 1. The highest BCUT2D eigenvalue weighted by Crippen LogP contribution is 2.20. The van der Waals surface area contributed by atoms with E-state index in [-0.39, 0.29) is 5.91 Å². The zero-order chi connectivity index (χ0) is 18.4. The summed E-state index contributed by atoms with van der Waals surface area (Å²) in [6.07, 6.45) is 0. The van der Waals surface area contributed by atoms with Gasteiger partial charge in [-0.3, -0.25) is 9.69 Å². The van der Waals surface area contributed by atoms with Gasteiger partial charge in [0.1, 0.15) is 0 Å². The van der Waals surface area contributed by atoms with Crippen LogP contribution in [0.1, 0.15) is 21.5 Å². The fourth-order valence-electron chi connectivity index (χ4n) is 2.53. The van der Waals surface area contributed by atoms with Gasteiger partial charge in [0, 0.05) is 14.8 Å². The number of carbonyl (C=O) groups is 1.